The maximum atomic E-state index is 9.37. The van der Waals surface area contributed by atoms with Crippen molar-refractivity contribution < 1.29 is 19.1 Å². The van der Waals surface area contributed by atoms with E-state index in [4.69, 9.17) is 14.3 Å². The molecule has 3 aromatic rings. The van der Waals surface area contributed by atoms with Crippen molar-refractivity contribution in [3.63, 3.8) is 0 Å². The lowest BCUT2D eigenvalue weighted by atomic mass is 10.1. The van der Waals surface area contributed by atoms with Gasteiger partial charge in [0, 0.05) is 18.4 Å². The van der Waals surface area contributed by atoms with Gasteiger partial charge in [-0.2, -0.15) is 0 Å². The number of carboxylic acids is 1. The Morgan fingerprint density at radius 1 is 1.06 bits per heavy atom. The van der Waals surface area contributed by atoms with Crippen LogP contribution in [0.3, 0.4) is 0 Å². The van der Waals surface area contributed by atoms with Gasteiger partial charge < -0.3 is 14.3 Å². The van der Waals surface area contributed by atoms with Crippen molar-refractivity contribution in [1.29, 1.82) is 0 Å². The maximum absolute atomic E-state index is 9.37. The molecule has 1 aliphatic carbocycles. The molecule has 4 rings (SSSR count). The maximum Gasteiger partial charge on any atom is 0.303 e. The van der Waals surface area contributed by atoms with E-state index in [2.05, 4.69) is 42.2 Å². The van der Waals surface area contributed by atoms with E-state index in [1.54, 1.807) is 6.92 Å². The summed E-state index contributed by atoms with van der Waals surface area (Å²) in [4.78, 5) is 13.9. The van der Waals surface area contributed by atoms with E-state index in [0.29, 0.717) is 12.5 Å². The van der Waals surface area contributed by atoms with E-state index < -0.39 is 5.97 Å². The number of nitrogens with zero attached hydrogens (tertiary/aromatic N) is 1. The molecule has 0 bridgehead atoms. The highest BCUT2D eigenvalue weighted by Gasteiger charge is 2.13. The number of oxazole rings is 1. The molecule has 1 aromatic heterocycles. The van der Waals surface area contributed by atoms with Crippen LogP contribution in [-0.2, 0) is 24.1 Å². The average Bonchev–Trinajstić information content (AvgIpc) is 3.42. The second-order valence-corrected chi connectivity index (χ2v) is 7.52. The third-order valence-corrected chi connectivity index (χ3v) is 5.16. The normalized spacial score (nSPS) is 11.5. The van der Waals surface area contributed by atoms with Crippen molar-refractivity contribution in [3.05, 3.63) is 70.6 Å². The Morgan fingerprint density at radius 2 is 1.72 bits per heavy atom. The Balaban J connectivity index is 0.000000460. The first-order chi connectivity index (χ1) is 15.5. The van der Waals surface area contributed by atoms with Crippen LogP contribution >= 0.6 is 0 Å². The molecule has 0 spiro atoms. The van der Waals surface area contributed by atoms with Gasteiger partial charge in [-0.15, -0.1) is 0 Å². The lowest BCUT2D eigenvalue weighted by Crippen LogP contribution is -2.02. The molecule has 0 atom stereocenters. The Bertz CT molecular complexity index is 989. The molecule has 5 heteroatoms. The first-order valence-corrected chi connectivity index (χ1v) is 11.5. The summed E-state index contributed by atoms with van der Waals surface area (Å²) in [7, 11) is 0. The second-order valence-electron chi connectivity index (χ2n) is 7.52. The summed E-state index contributed by atoms with van der Waals surface area (Å²) in [6, 6.07) is 14.7. The SMILES string of the molecule is CC.CCC(=O)O.Cc1ccc(-c2nc(C)c(CCOc3ccc4c(c3)CCC4)o2)cc1. The van der Waals surface area contributed by atoms with Crippen molar-refractivity contribution in [2.75, 3.05) is 6.61 Å². The summed E-state index contributed by atoms with van der Waals surface area (Å²) in [5.74, 6) is 1.79. The summed E-state index contributed by atoms with van der Waals surface area (Å²) >= 11 is 0. The third kappa shape index (κ3) is 7.26. The molecule has 1 aliphatic rings. The predicted molar refractivity (Wildman–Crippen MR) is 128 cm³/mol. The van der Waals surface area contributed by atoms with Gasteiger partial charge in [0.05, 0.1) is 12.3 Å². The van der Waals surface area contributed by atoms with Crippen molar-refractivity contribution in [3.8, 4) is 17.2 Å². The first-order valence-electron chi connectivity index (χ1n) is 11.5. The number of aromatic nitrogens is 1. The number of carboxylic acid groups (broad SMARTS) is 1. The van der Waals surface area contributed by atoms with Gasteiger partial charge in [-0.1, -0.05) is 44.5 Å². The minimum atomic E-state index is -0.745. The van der Waals surface area contributed by atoms with E-state index in [1.165, 1.54) is 36.0 Å². The number of carbonyl (C=O) groups is 1. The van der Waals surface area contributed by atoms with Crippen molar-refractivity contribution >= 4 is 5.97 Å². The zero-order valence-corrected chi connectivity index (χ0v) is 19.9. The number of hydrogen-bond acceptors (Lipinski definition) is 4. The number of aryl methyl sites for hydroxylation is 4. The lowest BCUT2D eigenvalue weighted by Gasteiger charge is -2.07. The van der Waals surface area contributed by atoms with Gasteiger partial charge in [0.2, 0.25) is 5.89 Å². The summed E-state index contributed by atoms with van der Waals surface area (Å²) in [6.07, 6.45) is 4.59. The van der Waals surface area contributed by atoms with Gasteiger partial charge in [0.15, 0.2) is 0 Å². The van der Waals surface area contributed by atoms with E-state index in [-0.39, 0.29) is 6.42 Å². The molecular formula is C27H35NO4. The van der Waals surface area contributed by atoms with Crippen LogP contribution in [0.25, 0.3) is 11.5 Å². The highest BCUT2D eigenvalue weighted by Crippen LogP contribution is 2.26. The number of aliphatic carboxylic acids is 1. The van der Waals surface area contributed by atoms with Crippen LogP contribution in [0.4, 0.5) is 0 Å². The molecule has 1 heterocycles. The molecule has 0 saturated carbocycles. The van der Waals surface area contributed by atoms with Crippen molar-refractivity contribution in [2.24, 2.45) is 0 Å². The van der Waals surface area contributed by atoms with Crippen LogP contribution in [0, 0.1) is 13.8 Å². The van der Waals surface area contributed by atoms with E-state index in [9.17, 15) is 4.79 Å². The van der Waals surface area contributed by atoms with Gasteiger partial charge in [0.1, 0.15) is 11.5 Å². The predicted octanol–water partition coefficient (Wildman–Crippen LogP) is 6.58. The van der Waals surface area contributed by atoms with Gasteiger partial charge in [-0.05, 0) is 68.5 Å². The van der Waals surface area contributed by atoms with Crippen LogP contribution in [0.1, 0.15) is 61.8 Å². The highest BCUT2D eigenvalue weighted by molar-refractivity contribution is 5.66. The largest absolute Gasteiger partial charge is 0.493 e. The zero-order chi connectivity index (χ0) is 23.5. The monoisotopic (exact) mass is 437 g/mol. The van der Waals surface area contributed by atoms with Crippen LogP contribution in [0.15, 0.2) is 46.9 Å². The molecular weight excluding hydrogens is 402 g/mol. The molecule has 0 saturated heterocycles. The van der Waals surface area contributed by atoms with Crippen LogP contribution in [-0.4, -0.2) is 22.7 Å². The second kappa shape index (κ2) is 12.7. The summed E-state index contributed by atoms with van der Waals surface area (Å²) in [5, 5.41) is 7.72. The quantitative estimate of drug-likeness (QED) is 0.472. The third-order valence-electron chi connectivity index (χ3n) is 5.16. The molecule has 0 fully saturated rings. The minimum Gasteiger partial charge on any atom is -0.493 e. The van der Waals surface area contributed by atoms with Crippen LogP contribution < -0.4 is 4.74 Å². The Morgan fingerprint density at radius 3 is 2.38 bits per heavy atom. The fourth-order valence-electron chi connectivity index (χ4n) is 3.38. The minimum absolute atomic E-state index is 0.222. The Labute approximate surface area is 191 Å². The van der Waals surface area contributed by atoms with E-state index in [1.807, 2.05) is 32.9 Å². The molecule has 172 valence electrons. The average molecular weight is 438 g/mol. The van der Waals surface area contributed by atoms with Gasteiger partial charge in [0.25, 0.3) is 0 Å². The number of benzene rings is 2. The topological polar surface area (TPSA) is 72.6 Å². The number of hydrogen-bond donors (Lipinski definition) is 1. The smallest absolute Gasteiger partial charge is 0.303 e. The number of rotatable bonds is 6. The fraction of sp³-hybridized carbons (Fsp3) is 0.407. The molecule has 1 N–H and O–H groups in total. The molecule has 0 unspecified atom stereocenters. The molecule has 0 aliphatic heterocycles. The Hall–Kier alpha value is -3.08. The standard InChI is InChI=1S/C22H23NO2.C3H6O2.C2H6/c1-15-6-8-18(9-7-15)22-23-16(2)21(25-22)12-13-24-20-11-10-17-4-3-5-19(17)14-20;1-2-3(4)5;1-2/h6-11,14H,3-5,12-13H2,1-2H3;2H2,1H3,(H,4,5);1-2H3. The van der Waals surface area contributed by atoms with Crippen molar-refractivity contribution in [1.82, 2.24) is 4.98 Å². The lowest BCUT2D eigenvalue weighted by molar-refractivity contribution is -0.136. The van der Waals surface area contributed by atoms with Gasteiger partial charge in [-0.25, -0.2) is 4.98 Å². The van der Waals surface area contributed by atoms with Gasteiger partial charge in [-0.3, -0.25) is 4.79 Å². The molecule has 0 radical (unpaired) electrons. The highest BCUT2D eigenvalue weighted by atomic mass is 16.5. The van der Waals surface area contributed by atoms with Crippen LogP contribution in [0.2, 0.25) is 0 Å². The van der Waals surface area contributed by atoms with Crippen LogP contribution in [0.5, 0.6) is 5.75 Å². The first kappa shape index (κ1) is 25.2. The number of fused-ring (bicyclic) bond motifs is 1. The van der Waals surface area contributed by atoms with E-state index >= 15 is 0 Å². The summed E-state index contributed by atoms with van der Waals surface area (Å²) in [5.41, 5.74) is 6.10. The summed E-state index contributed by atoms with van der Waals surface area (Å²) < 4.78 is 11.9. The number of ether oxygens (including phenoxy) is 1. The molecule has 0 amide bonds. The summed E-state index contributed by atoms with van der Waals surface area (Å²) in [6.45, 7) is 10.3. The molecule has 5 nitrogen and oxygen atoms in total. The zero-order valence-electron chi connectivity index (χ0n) is 19.9. The van der Waals surface area contributed by atoms with Gasteiger partial charge >= 0.3 is 5.97 Å². The Kier molecular flexibility index (Phi) is 9.99. The fourth-order valence-corrected chi connectivity index (χ4v) is 3.38. The molecule has 2 aromatic carbocycles. The van der Waals surface area contributed by atoms with Crippen molar-refractivity contribution in [2.45, 2.75) is 66.7 Å². The van der Waals surface area contributed by atoms with E-state index in [0.717, 1.165) is 29.2 Å². The molecule has 32 heavy (non-hydrogen) atoms.